The van der Waals surface area contributed by atoms with E-state index in [9.17, 15) is 4.79 Å². The smallest absolute Gasteiger partial charge is 0.251 e. The second-order valence-corrected chi connectivity index (χ2v) is 5.35. The summed E-state index contributed by atoms with van der Waals surface area (Å²) in [6.07, 6.45) is 5.14. The molecule has 1 amide bonds. The predicted molar refractivity (Wildman–Crippen MR) is 72.7 cm³/mol. The van der Waals surface area contributed by atoms with Gasteiger partial charge in [0.2, 0.25) is 0 Å². The Morgan fingerprint density at radius 3 is 2.94 bits per heavy atom. The molecule has 0 aliphatic heterocycles. The molecule has 2 rings (SSSR count). The van der Waals surface area contributed by atoms with E-state index in [1.165, 1.54) is 12.8 Å². The standard InChI is InChI=1S/C14H21N3O/c1-3-7-15-12-9-11(4-8-16-12)13(18)17-10-14(2)5-6-14/h4,8-9H,3,5-7,10H2,1-2H3,(H,15,16)(H,17,18). The van der Waals surface area contributed by atoms with Gasteiger partial charge in [-0.25, -0.2) is 4.98 Å². The van der Waals surface area contributed by atoms with E-state index in [-0.39, 0.29) is 5.91 Å². The van der Waals surface area contributed by atoms with Crippen molar-refractivity contribution in [3.63, 3.8) is 0 Å². The summed E-state index contributed by atoms with van der Waals surface area (Å²) in [7, 11) is 0. The molecule has 98 valence electrons. The number of nitrogens with one attached hydrogen (secondary N) is 2. The molecule has 2 N–H and O–H groups in total. The number of pyridine rings is 1. The molecule has 0 saturated heterocycles. The molecule has 1 aromatic rings. The number of hydrogen-bond acceptors (Lipinski definition) is 3. The Kier molecular flexibility index (Phi) is 3.84. The average molecular weight is 247 g/mol. The molecule has 4 nitrogen and oxygen atoms in total. The van der Waals surface area contributed by atoms with E-state index in [0.717, 1.165) is 25.3 Å². The molecule has 18 heavy (non-hydrogen) atoms. The second kappa shape index (κ2) is 5.38. The van der Waals surface area contributed by atoms with Crippen LogP contribution in [0.15, 0.2) is 18.3 Å². The number of carbonyl (C=O) groups is 1. The molecule has 0 atom stereocenters. The zero-order valence-electron chi connectivity index (χ0n) is 11.1. The van der Waals surface area contributed by atoms with E-state index >= 15 is 0 Å². The topological polar surface area (TPSA) is 54.0 Å². The largest absolute Gasteiger partial charge is 0.370 e. The van der Waals surface area contributed by atoms with Crippen LogP contribution in [0.5, 0.6) is 0 Å². The first-order valence-corrected chi connectivity index (χ1v) is 6.61. The summed E-state index contributed by atoms with van der Waals surface area (Å²) in [6.45, 7) is 5.94. The van der Waals surface area contributed by atoms with Crippen LogP contribution in [-0.4, -0.2) is 24.0 Å². The maximum Gasteiger partial charge on any atom is 0.251 e. The third-order valence-corrected chi connectivity index (χ3v) is 3.36. The Morgan fingerprint density at radius 1 is 1.50 bits per heavy atom. The fourth-order valence-electron chi connectivity index (χ4n) is 1.71. The molecule has 0 bridgehead atoms. The maximum absolute atomic E-state index is 12.0. The summed E-state index contributed by atoms with van der Waals surface area (Å²) in [5, 5.41) is 6.17. The van der Waals surface area contributed by atoms with Gasteiger partial charge in [0.1, 0.15) is 5.82 Å². The quantitative estimate of drug-likeness (QED) is 0.811. The Morgan fingerprint density at radius 2 is 2.28 bits per heavy atom. The molecule has 1 aliphatic carbocycles. The van der Waals surface area contributed by atoms with Gasteiger partial charge in [-0.3, -0.25) is 4.79 Å². The molecule has 0 radical (unpaired) electrons. The van der Waals surface area contributed by atoms with Gasteiger partial charge in [-0.1, -0.05) is 13.8 Å². The summed E-state index contributed by atoms with van der Waals surface area (Å²) in [5.41, 5.74) is 1.01. The van der Waals surface area contributed by atoms with Gasteiger partial charge in [0, 0.05) is 24.8 Å². The highest BCUT2D eigenvalue weighted by Gasteiger charge is 2.37. The maximum atomic E-state index is 12.0. The zero-order chi connectivity index (χ0) is 13.0. The Balaban J connectivity index is 1.92. The first-order valence-electron chi connectivity index (χ1n) is 6.61. The molecule has 1 aliphatic rings. The van der Waals surface area contributed by atoms with E-state index in [1.807, 2.05) is 0 Å². The summed E-state index contributed by atoms with van der Waals surface area (Å²) in [5.74, 6) is 0.757. The zero-order valence-corrected chi connectivity index (χ0v) is 11.1. The lowest BCUT2D eigenvalue weighted by atomic mass is 10.1. The number of carbonyl (C=O) groups excluding carboxylic acids is 1. The minimum absolute atomic E-state index is 0.00919. The molecule has 1 aromatic heterocycles. The van der Waals surface area contributed by atoms with Gasteiger partial charge in [-0.2, -0.15) is 0 Å². The molecular formula is C14H21N3O. The van der Waals surface area contributed by atoms with Crippen LogP contribution in [0.4, 0.5) is 5.82 Å². The molecule has 0 aromatic carbocycles. The fourth-order valence-corrected chi connectivity index (χ4v) is 1.71. The van der Waals surface area contributed by atoms with E-state index < -0.39 is 0 Å². The van der Waals surface area contributed by atoms with Crippen molar-refractivity contribution in [2.75, 3.05) is 18.4 Å². The number of aromatic nitrogens is 1. The predicted octanol–water partition coefficient (Wildman–Crippen LogP) is 2.43. The Bertz CT molecular complexity index is 427. The van der Waals surface area contributed by atoms with Crippen LogP contribution in [0.3, 0.4) is 0 Å². The van der Waals surface area contributed by atoms with Crippen LogP contribution in [0, 0.1) is 5.41 Å². The molecule has 1 fully saturated rings. The van der Waals surface area contributed by atoms with Crippen molar-refractivity contribution < 1.29 is 4.79 Å². The third-order valence-electron chi connectivity index (χ3n) is 3.36. The molecule has 4 heteroatoms. The first-order chi connectivity index (χ1) is 8.63. The van der Waals surface area contributed by atoms with E-state index in [4.69, 9.17) is 0 Å². The van der Waals surface area contributed by atoms with Crippen LogP contribution in [-0.2, 0) is 0 Å². The lowest BCUT2D eigenvalue weighted by Gasteiger charge is -2.10. The number of amides is 1. The monoisotopic (exact) mass is 247 g/mol. The fraction of sp³-hybridized carbons (Fsp3) is 0.571. The van der Waals surface area contributed by atoms with E-state index in [2.05, 4.69) is 29.5 Å². The number of hydrogen-bond donors (Lipinski definition) is 2. The van der Waals surface area contributed by atoms with Crippen molar-refractivity contribution in [3.05, 3.63) is 23.9 Å². The summed E-state index contributed by atoms with van der Waals surface area (Å²) in [4.78, 5) is 16.2. The highest BCUT2D eigenvalue weighted by molar-refractivity contribution is 5.94. The van der Waals surface area contributed by atoms with Gasteiger partial charge in [0.15, 0.2) is 0 Å². The van der Waals surface area contributed by atoms with Gasteiger partial charge >= 0.3 is 0 Å². The third kappa shape index (κ3) is 3.45. The van der Waals surface area contributed by atoms with Gasteiger partial charge in [-0.05, 0) is 36.8 Å². The average Bonchev–Trinajstić information content (AvgIpc) is 3.12. The first kappa shape index (κ1) is 12.9. The normalized spacial score (nSPS) is 16.1. The molecular weight excluding hydrogens is 226 g/mol. The summed E-state index contributed by atoms with van der Waals surface area (Å²) in [6, 6.07) is 3.56. The Labute approximate surface area is 108 Å². The minimum Gasteiger partial charge on any atom is -0.370 e. The van der Waals surface area contributed by atoms with Gasteiger partial charge in [-0.15, -0.1) is 0 Å². The number of nitrogens with zero attached hydrogens (tertiary/aromatic N) is 1. The number of rotatable bonds is 6. The van der Waals surface area contributed by atoms with Crippen LogP contribution in [0.2, 0.25) is 0 Å². The van der Waals surface area contributed by atoms with Crippen molar-refractivity contribution in [1.29, 1.82) is 0 Å². The van der Waals surface area contributed by atoms with Crippen LogP contribution in [0.25, 0.3) is 0 Å². The van der Waals surface area contributed by atoms with Crippen molar-refractivity contribution in [3.8, 4) is 0 Å². The number of anilines is 1. The summed E-state index contributed by atoms with van der Waals surface area (Å²) >= 11 is 0. The van der Waals surface area contributed by atoms with E-state index in [0.29, 0.717) is 11.0 Å². The highest BCUT2D eigenvalue weighted by atomic mass is 16.1. The van der Waals surface area contributed by atoms with Gasteiger partial charge in [0.25, 0.3) is 5.91 Å². The van der Waals surface area contributed by atoms with Gasteiger partial charge in [0.05, 0.1) is 0 Å². The van der Waals surface area contributed by atoms with Crippen LogP contribution < -0.4 is 10.6 Å². The van der Waals surface area contributed by atoms with Gasteiger partial charge < -0.3 is 10.6 Å². The lowest BCUT2D eigenvalue weighted by Crippen LogP contribution is -2.29. The van der Waals surface area contributed by atoms with E-state index in [1.54, 1.807) is 18.3 Å². The minimum atomic E-state index is -0.00919. The van der Waals surface area contributed by atoms with Crippen molar-refractivity contribution in [2.45, 2.75) is 33.1 Å². The highest BCUT2D eigenvalue weighted by Crippen LogP contribution is 2.44. The van der Waals surface area contributed by atoms with Crippen molar-refractivity contribution in [1.82, 2.24) is 10.3 Å². The van der Waals surface area contributed by atoms with Crippen molar-refractivity contribution in [2.24, 2.45) is 5.41 Å². The van der Waals surface area contributed by atoms with Crippen molar-refractivity contribution >= 4 is 11.7 Å². The SMILES string of the molecule is CCCNc1cc(C(=O)NCC2(C)CC2)ccn1. The van der Waals surface area contributed by atoms with Crippen LogP contribution in [0.1, 0.15) is 43.5 Å². The Hall–Kier alpha value is -1.58. The molecule has 1 heterocycles. The molecule has 0 spiro atoms. The lowest BCUT2D eigenvalue weighted by molar-refractivity contribution is 0.0946. The summed E-state index contributed by atoms with van der Waals surface area (Å²) < 4.78 is 0. The molecule has 0 unspecified atom stereocenters. The second-order valence-electron chi connectivity index (χ2n) is 5.35. The molecule has 1 saturated carbocycles. The van der Waals surface area contributed by atoms with Crippen LogP contribution >= 0.6 is 0 Å².